The Kier molecular flexibility index (Phi) is 9.21. The molecule has 0 fully saturated rings. The van der Waals surface area contributed by atoms with Gasteiger partial charge in [-0.25, -0.2) is 0 Å². The number of esters is 1. The van der Waals surface area contributed by atoms with Gasteiger partial charge in [-0.15, -0.1) is 12.4 Å². The number of guanidine groups is 1. The van der Waals surface area contributed by atoms with Crippen LogP contribution in [-0.2, 0) is 16.0 Å². The predicted octanol–water partition coefficient (Wildman–Crippen LogP) is 1.17. The van der Waals surface area contributed by atoms with Gasteiger partial charge >= 0.3 is 5.97 Å². The molecule has 1 rings (SSSR count). The summed E-state index contributed by atoms with van der Waals surface area (Å²) in [5.41, 5.74) is 11.4. The van der Waals surface area contributed by atoms with Gasteiger partial charge in [0.25, 0.3) is 0 Å². The fraction of sp³-hybridized carbons (Fsp3) is 0.467. The van der Waals surface area contributed by atoms with Crippen molar-refractivity contribution in [2.75, 3.05) is 13.2 Å². The smallest absolute Gasteiger partial charge is 0.326 e. The van der Waals surface area contributed by atoms with Crippen molar-refractivity contribution in [2.24, 2.45) is 11.5 Å². The first-order chi connectivity index (χ1) is 9.98. The van der Waals surface area contributed by atoms with Crippen molar-refractivity contribution in [3.8, 4) is 0 Å². The van der Waals surface area contributed by atoms with Crippen molar-refractivity contribution < 1.29 is 9.53 Å². The quantitative estimate of drug-likeness (QED) is 0.247. The molecule has 124 valence electrons. The van der Waals surface area contributed by atoms with Crippen molar-refractivity contribution in [3.05, 3.63) is 35.9 Å². The highest BCUT2D eigenvalue weighted by molar-refractivity contribution is 5.85. The fourth-order valence-electron chi connectivity index (χ4n) is 2.12. The first kappa shape index (κ1) is 20.2. The van der Waals surface area contributed by atoms with E-state index in [4.69, 9.17) is 21.6 Å². The van der Waals surface area contributed by atoms with Crippen LogP contribution in [0.4, 0.5) is 0 Å². The Labute approximate surface area is 137 Å². The lowest BCUT2D eigenvalue weighted by molar-refractivity contribution is -0.150. The Morgan fingerprint density at radius 3 is 2.55 bits per heavy atom. The van der Waals surface area contributed by atoms with E-state index in [0.29, 0.717) is 32.4 Å². The third-order valence-corrected chi connectivity index (χ3v) is 3.16. The molecule has 1 atom stereocenters. The molecular formula is C15H25ClN4O2. The zero-order valence-electron chi connectivity index (χ0n) is 12.8. The van der Waals surface area contributed by atoms with Crippen LogP contribution in [0.1, 0.15) is 25.3 Å². The molecule has 0 aliphatic rings. The maximum absolute atomic E-state index is 12.2. The molecule has 0 aromatic heterocycles. The van der Waals surface area contributed by atoms with E-state index in [1.165, 1.54) is 0 Å². The molecule has 22 heavy (non-hydrogen) atoms. The minimum absolute atomic E-state index is 0. The van der Waals surface area contributed by atoms with Crippen LogP contribution < -0.4 is 16.8 Å². The van der Waals surface area contributed by atoms with E-state index in [2.05, 4.69) is 5.32 Å². The van der Waals surface area contributed by atoms with Gasteiger partial charge < -0.3 is 21.5 Å². The molecule has 6 nitrogen and oxygen atoms in total. The third-order valence-electron chi connectivity index (χ3n) is 3.16. The maximum Gasteiger partial charge on any atom is 0.326 e. The van der Waals surface area contributed by atoms with Crippen LogP contribution in [0.15, 0.2) is 30.3 Å². The summed E-state index contributed by atoms with van der Waals surface area (Å²) in [6.45, 7) is 2.57. The van der Waals surface area contributed by atoms with Crippen LogP contribution in [0.25, 0.3) is 0 Å². The number of rotatable bonds is 8. The number of hydrogen-bond acceptors (Lipinski definition) is 4. The van der Waals surface area contributed by atoms with Crippen molar-refractivity contribution in [1.82, 2.24) is 5.32 Å². The van der Waals surface area contributed by atoms with Crippen LogP contribution in [0.3, 0.4) is 0 Å². The van der Waals surface area contributed by atoms with Crippen LogP contribution in [0.2, 0.25) is 0 Å². The molecule has 0 aliphatic heterocycles. The Hall–Kier alpha value is -1.79. The minimum Gasteiger partial charge on any atom is -0.465 e. The highest BCUT2D eigenvalue weighted by Crippen LogP contribution is 2.18. The first-order valence-electron chi connectivity index (χ1n) is 7.06. The van der Waals surface area contributed by atoms with Crippen molar-refractivity contribution in [3.63, 3.8) is 0 Å². The second-order valence-corrected chi connectivity index (χ2v) is 4.98. The average Bonchev–Trinajstić information content (AvgIpc) is 2.45. The second kappa shape index (κ2) is 10.0. The highest BCUT2D eigenvalue weighted by Gasteiger charge is 2.35. The molecule has 1 unspecified atom stereocenters. The number of nitrogens with two attached hydrogens (primary N) is 2. The molecule has 1 aromatic rings. The number of ether oxygens (including phenoxy) is 1. The first-order valence-corrected chi connectivity index (χ1v) is 7.06. The van der Waals surface area contributed by atoms with E-state index >= 15 is 0 Å². The standard InChI is InChI=1S/C15H24N4O2.ClH/c1-2-21-13(20)15(18,9-6-10-19-14(16)17)11-12-7-4-3-5-8-12;/h3-5,7-8H,2,6,9-11,18H2,1H3,(H4,16,17,19);1H. The SMILES string of the molecule is CCOC(=O)C(N)(CCCNC(=N)N)Cc1ccccc1.Cl. The molecule has 0 bridgehead atoms. The minimum atomic E-state index is -1.06. The summed E-state index contributed by atoms with van der Waals surface area (Å²) in [6, 6.07) is 9.63. The molecule has 0 radical (unpaired) electrons. The van der Waals surface area contributed by atoms with Gasteiger partial charge in [-0.3, -0.25) is 10.2 Å². The lowest BCUT2D eigenvalue weighted by Crippen LogP contribution is -2.51. The maximum atomic E-state index is 12.2. The van der Waals surface area contributed by atoms with Crippen LogP contribution in [0.5, 0.6) is 0 Å². The molecule has 0 saturated heterocycles. The van der Waals surface area contributed by atoms with E-state index in [1.807, 2.05) is 30.3 Å². The van der Waals surface area contributed by atoms with E-state index < -0.39 is 11.5 Å². The van der Waals surface area contributed by atoms with Gasteiger partial charge in [-0.2, -0.15) is 0 Å². The molecule has 0 spiro atoms. The average molecular weight is 329 g/mol. The zero-order valence-corrected chi connectivity index (χ0v) is 13.6. The third kappa shape index (κ3) is 6.78. The number of halogens is 1. The van der Waals surface area contributed by atoms with Crippen LogP contribution in [-0.4, -0.2) is 30.6 Å². The number of hydrogen-bond donors (Lipinski definition) is 4. The van der Waals surface area contributed by atoms with Gasteiger partial charge in [0.15, 0.2) is 5.96 Å². The van der Waals surface area contributed by atoms with Crippen molar-refractivity contribution >= 4 is 24.3 Å². The molecule has 0 aliphatic carbocycles. The fourth-order valence-corrected chi connectivity index (χ4v) is 2.12. The van der Waals surface area contributed by atoms with E-state index in [9.17, 15) is 4.79 Å². The summed E-state index contributed by atoms with van der Waals surface area (Å²) in [7, 11) is 0. The zero-order chi connectivity index (χ0) is 15.7. The number of carbonyl (C=O) groups excluding carboxylic acids is 1. The molecule has 0 saturated carbocycles. The summed E-state index contributed by atoms with van der Waals surface area (Å²) >= 11 is 0. The van der Waals surface area contributed by atoms with E-state index in [0.717, 1.165) is 5.56 Å². The van der Waals surface area contributed by atoms with Gasteiger partial charge in [0.05, 0.1) is 6.61 Å². The van der Waals surface area contributed by atoms with Crippen LogP contribution >= 0.6 is 12.4 Å². The molecule has 0 heterocycles. The lowest BCUT2D eigenvalue weighted by Gasteiger charge is -2.27. The van der Waals surface area contributed by atoms with Gasteiger partial charge in [0, 0.05) is 13.0 Å². The number of nitrogens with one attached hydrogen (secondary N) is 2. The summed E-state index contributed by atoms with van der Waals surface area (Å²) in [4.78, 5) is 12.2. The van der Waals surface area contributed by atoms with Gasteiger partial charge in [0.1, 0.15) is 5.54 Å². The molecule has 6 N–H and O–H groups in total. The second-order valence-electron chi connectivity index (χ2n) is 4.98. The molecule has 0 amide bonds. The van der Waals surface area contributed by atoms with E-state index in [1.54, 1.807) is 6.92 Å². The summed E-state index contributed by atoms with van der Waals surface area (Å²) < 4.78 is 5.11. The van der Waals surface area contributed by atoms with Crippen molar-refractivity contribution in [2.45, 2.75) is 31.7 Å². The van der Waals surface area contributed by atoms with Gasteiger partial charge in [-0.05, 0) is 25.3 Å². The Bertz CT molecular complexity index is 470. The largest absolute Gasteiger partial charge is 0.465 e. The predicted molar refractivity (Wildman–Crippen MR) is 90.1 cm³/mol. The molecule has 7 heteroatoms. The topological polar surface area (TPSA) is 114 Å². The Balaban J connectivity index is 0.00000441. The Morgan fingerprint density at radius 2 is 2.00 bits per heavy atom. The monoisotopic (exact) mass is 328 g/mol. The Morgan fingerprint density at radius 1 is 1.36 bits per heavy atom. The van der Waals surface area contributed by atoms with Crippen LogP contribution in [0, 0.1) is 5.41 Å². The molecule has 1 aromatic carbocycles. The number of benzene rings is 1. The summed E-state index contributed by atoms with van der Waals surface area (Å²) in [6.07, 6.45) is 1.51. The summed E-state index contributed by atoms with van der Waals surface area (Å²) in [5.74, 6) is -0.478. The highest BCUT2D eigenvalue weighted by atomic mass is 35.5. The van der Waals surface area contributed by atoms with Gasteiger partial charge in [-0.1, -0.05) is 30.3 Å². The molecular weight excluding hydrogens is 304 g/mol. The normalized spacial score (nSPS) is 12.6. The van der Waals surface area contributed by atoms with E-state index in [-0.39, 0.29) is 18.4 Å². The van der Waals surface area contributed by atoms with Gasteiger partial charge in [0.2, 0.25) is 0 Å². The lowest BCUT2D eigenvalue weighted by atomic mass is 9.87. The van der Waals surface area contributed by atoms with Crippen molar-refractivity contribution in [1.29, 1.82) is 5.41 Å². The summed E-state index contributed by atoms with van der Waals surface area (Å²) in [5, 5.41) is 9.81. The number of carbonyl (C=O) groups is 1.